The Hall–Kier alpha value is -3.22. The number of phenols is 1. The summed E-state index contributed by atoms with van der Waals surface area (Å²) in [6, 6.07) is 17.8. The van der Waals surface area contributed by atoms with E-state index in [4.69, 9.17) is 11.6 Å². The number of aromatic hydroxyl groups is 1. The minimum Gasteiger partial charge on any atom is -0.505 e. The Labute approximate surface area is 190 Å². The normalized spacial score (nSPS) is 15.8. The van der Waals surface area contributed by atoms with Gasteiger partial charge >= 0.3 is 0 Å². The molecular weight excluding hydrogens is 427 g/mol. The largest absolute Gasteiger partial charge is 0.505 e. The third-order valence-corrected chi connectivity index (χ3v) is 6.46. The monoisotopic (exact) mass is 449 g/mol. The van der Waals surface area contributed by atoms with Crippen LogP contribution in [0.5, 0.6) is 5.75 Å². The van der Waals surface area contributed by atoms with Crippen LogP contribution in [0, 0.1) is 5.82 Å². The molecule has 3 heterocycles. The van der Waals surface area contributed by atoms with Crippen molar-refractivity contribution in [3.63, 3.8) is 0 Å². The van der Waals surface area contributed by atoms with Crippen molar-refractivity contribution in [2.24, 2.45) is 0 Å². The number of benzene rings is 2. The Morgan fingerprint density at radius 1 is 0.969 bits per heavy atom. The van der Waals surface area contributed by atoms with Crippen molar-refractivity contribution in [2.45, 2.75) is 6.04 Å². The van der Waals surface area contributed by atoms with Crippen LogP contribution in [0.15, 0.2) is 73.1 Å². The quantitative estimate of drug-likeness (QED) is 0.499. The smallest absolute Gasteiger partial charge is 0.160 e. The minimum atomic E-state index is -0.231. The van der Waals surface area contributed by atoms with Gasteiger partial charge in [0.25, 0.3) is 0 Å². The molecule has 0 bridgehead atoms. The molecule has 1 atom stereocenters. The highest BCUT2D eigenvalue weighted by atomic mass is 35.5. The van der Waals surface area contributed by atoms with Crippen molar-refractivity contribution in [1.29, 1.82) is 0 Å². The minimum absolute atomic E-state index is 0.147. The molecule has 1 saturated heterocycles. The van der Waals surface area contributed by atoms with Gasteiger partial charge in [0.15, 0.2) is 11.8 Å². The molecule has 5 nitrogen and oxygen atoms in total. The number of aromatic nitrogens is 2. The lowest BCUT2D eigenvalue weighted by Crippen LogP contribution is -3.15. The fourth-order valence-corrected chi connectivity index (χ4v) is 4.82. The first kappa shape index (κ1) is 20.7. The Balaban J connectivity index is 1.50. The first-order chi connectivity index (χ1) is 15.6. The van der Waals surface area contributed by atoms with Gasteiger partial charge in [0, 0.05) is 23.5 Å². The SMILES string of the molecule is Oc1c(C(c2ccccn2)[NH+]2CCN(c3ccc(F)cc3)CC2)cc(Cl)c2cccnc12. The number of quaternary nitrogens is 1. The van der Waals surface area contributed by atoms with E-state index in [1.165, 1.54) is 17.0 Å². The van der Waals surface area contributed by atoms with E-state index in [9.17, 15) is 9.50 Å². The summed E-state index contributed by atoms with van der Waals surface area (Å²) in [7, 11) is 0. The van der Waals surface area contributed by atoms with E-state index < -0.39 is 0 Å². The van der Waals surface area contributed by atoms with Crippen LogP contribution >= 0.6 is 11.6 Å². The number of hydrogen-bond acceptors (Lipinski definition) is 4. The summed E-state index contributed by atoms with van der Waals surface area (Å²) in [6.45, 7) is 3.28. The number of anilines is 1. The lowest BCUT2D eigenvalue weighted by atomic mass is 9.97. The Morgan fingerprint density at radius 3 is 2.44 bits per heavy atom. The van der Waals surface area contributed by atoms with Crippen molar-refractivity contribution in [1.82, 2.24) is 9.97 Å². The molecule has 1 aliphatic heterocycles. The second kappa shape index (κ2) is 8.73. The zero-order valence-electron chi connectivity index (χ0n) is 17.4. The molecule has 0 amide bonds. The lowest BCUT2D eigenvalue weighted by Gasteiger charge is -2.37. The van der Waals surface area contributed by atoms with Gasteiger partial charge in [0.2, 0.25) is 0 Å². The van der Waals surface area contributed by atoms with Gasteiger partial charge in [0.05, 0.1) is 36.8 Å². The first-order valence-electron chi connectivity index (χ1n) is 10.6. The number of pyridine rings is 2. The summed E-state index contributed by atoms with van der Waals surface area (Å²) >= 11 is 6.60. The van der Waals surface area contributed by atoms with Gasteiger partial charge in [0.1, 0.15) is 17.0 Å². The van der Waals surface area contributed by atoms with Crippen LogP contribution in [0.25, 0.3) is 10.9 Å². The van der Waals surface area contributed by atoms with Crippen molar-refractivity contribution < 1.29 is 14.4 Å². The number of fused-ring (bicyclic) bond motifs is 1. The van der Waals surface area contributed by atoms with Gasteiger partial charge < -0.3 is 14.9 Å². The maximum atomic E-state index is 13.3. The average Bonchev–Trinajstić information content (AvgIpc) is 2.84. The molecule has 4 aromatic rings. The summed E-state index contributed by atoms with van der Waals surface area (Å²) < 4.78 is 13.3. The molecule has 0 spiro atoms. The van der Waals surface area contributed by atoms with E-state index in [1.807, 2.05) is 48.5 Å². The molecule has 1 unspecified atom stereocenters. The van der Waals surface area contributed by atoms with Gasteiger partial charge in [-0.2, -0.15) is 0 Å². The van der Waals surface area contributed by atoms with Gasteiger partial charge in [-0.05, 0) is 54.6 Å². The predicted molar refractivity (Wildman–Crippen MR) is 124 cm³/mol. The maximum Gasteiger partial charge on any atom is 0.160 e. The number of halogens is 2. The number of phenolic OH excluding ortho intramolecular Hbond substituents is 1. The summed E-state index contributed by atoms with van der Waals surface area (Å²) in [4.78, 5) is 12.5. The third-order valence-electron chi connectivity index (χ3n) is 6.15. The first-order valence-corrected chi connectivity index (χ1v) is 11.0. The summed E-state index contributed by atoms with van der Waals surface area (Å²) in [6.07, 6.45) is 3.43. The van der Waals surface area contributed by atoms with Crippen LogP contribution in [0.3, 0.4) is 0 Å². The molecule has 162 valence electrons. The van der Waals surface area contributed by atoms with Gasteiger partial charge in [-0.1, -0.05) is 17.7 Å². The van der Waals surface area contributed by atoms with E-state index in [0.29, 0.717) is 10.5 Å². The fraction of sp³-hybridized carbons (Fsp3) is 0.200. The second-order valence-electron chi connectivity index (χ2n) is 8.01. The van der Waals surface area contributed by atoms with Crippen molar-refractivity contribution in [3.8, 4) is 5.75 Å². The van der Waals surface area contributed by atoms with Gasteiger partial charge in [-0.15, -0.1) is 0 Å². The highest BCUT2D eigenvalue weighted by Crippen LogP contribution is 2.37. The molecule has 1 fully saturated rings. The number of nitrogens with zero attached hydrogens (tertiary/aromatic N) is 3. The number of piperazine rings is 1. The number of rotatable bonds is 4. The molecular formula is C25H23ClFN4O+. The summed E-state index contributed by atoms with van der Waals surface area (Å²) in [5.74, 6) is -0.0837. The van der Waals surface area contributed by atoms with Crippen molar-refractivity contribution in [2.75, 3.05) is 31.1 Å². The zero-order valence-corrected chi connectivity index (χ0v) is 18.1. The highest BCUT2D eigenvalue weighted by Gasteiger charge is 2.34. The topological polar surface area (TPSA) is 53.7 Å². The molecule has 0 radical (unpaired) electrons. The Morgan fingerprint density at radius 2 is 1.72 bits per heavy atom. The van der Waals surface area contributed by atoms with Crippen LogP contribution < -0.4 is 9.80 Å². The second-order valence-corrected chi connectivity index (χ2v) is 8.41. The Kier molecular flexibility index (Phi) is 5.64. The molecule has 5 rings (SSSR count). The molecule has 2 aromatic heterocycles. The molecule has 32 heavy (non-hydrogen) atoms. The zero-order chi connectivity index (χ0) is 22.1. The molecule has 0 aliphatic carbocycles. The van der Waals surface area contributed by atoms with E-state index in [0.717, 1.165) is 48.5 Å². The lowest BCUT2D eigenvalue weighted by molar-refractivity contribution is -0.926. The molecule has 1 aliphatic rings. The summed E-state index contributed by atoms with van der Waals surface area (Å²) in [5.41, 5.74) is 3.12. The predicted octanol–water partition coefficient (Wildman–Crippen LogP) is 3.62. The van der Waals surface area contributed by atoms with E-state index in [-0.39, 0.29) is 17.6 Å². The van der Waals surface area contributed by atoms with Crippen LogP contribution in [0.1, 0.15) is 17.3 Å². The van der Waals surface area contributed by atoms with Crippen molar-refractivity contribution >= 4 is 28.2 Å². The van der Waals surface area contributed by atoms with Crippen LogP contribution in [-0.2, 0) is 0 Å². The highest BCUT2D eigenvalue weighted by molar-refractivity contribution is 6.35. The number of nitrogens with one attached hydrogen (secondary N) is 1. The van der Waals surface area contributed by atoms with E-state index in [2.05, 4.69) is 14.9 Å². The van der Waals surface area contributed by atoms with E-state index in [1.54, 1.807) is 12.4 Å². The molecule has 7 heteroatoms. The van der Waals surface area contributed by atoms with Gasteiger partial charge in [-0.3, -0.25) is 9.97 Å². The van der Waals surface area contributed by atoms with E-state index >= 15 is 0 Å². The fourth-order valence-electron chi connectivity index (χ4n) is 4.55. The van der Waals surface area contributed by atoms with Crippen LogP contribution in [0.2, 0.25) is 5.02 Å². The average molecular weight is 450 g/mol. The number of hydrogen-bond donors (Lipinski definition) is 2. The maximum absolute atomic E-state index is 13.3. The molecule has 0 saturated carbocycles. The summed E-state index contributed by atoms with van der Waals surface area (Å²) in [5, 5.41) is 12.5. The molecule has 2 N–H and O–H groups in total. The third kappa shape index (κ3) is 3.87. The molecule has 2 aromatic carbocycles. The van der Waals surface area contributed by atoms with Crippen LogP contribution in [-0.4, -0.2) is 41.3 Å². The van der Waals surface area contributed by atoms with Crippen molar-refractivity contribution in [3.05, 3.63) is 95.2 Å². The van der Waals surface area contributed by atoms with Gasteiger partial charge in [-0.25, -0.2) is 4.39 Å². The standard InChI is InChI=1S/C25H22ClFN4O/c26-21-16-20(25(32)23-19(21)4-3-11-29-23)24(22-5-1-2-10-28-22)31-14-12-30(13-15-31)18-8-6-17(27)7-9-18/h1-11,16,24,32H,12-15H2/p+1. The van der Waals surface area contributed by atoms with Crippen LogP contribution in [0.4, 0.5) is 10.1 Å². The Bertz CT molecular complexity index is 1230.